The monoisotopic (exact) mass is 778 g/mol. The molecule has 2 N–H and O–H groups in total. The van der Waals surface area contributed by atoms with E-state index in [1.807, 2.05) is 54.6 Å². The van der Waals surface area contributed by atoms with E-state index in [9.17, 15) is 29.1 Å². The maximum Gasteiger partial charge on any atom is 0.348 e. The van der Waals surface area contributed by atoms with E-state index < -0.39 is 71.4 Å². The molecule has 2 aliphatic carbocycles. The molecule has 0 aromatic heterocycles. The van der Waals surface area contributed by atoms with Gasteiger partial charge in [-0.3, -0.25) is 9.59 Å². The van der Waals surface area contributed by atoms with Gasteiger partial charge in [0.1, 0.15) is 31.0 Å². The van der Waals surface area contributed by atoms with Gasteiger partial charge in [0.2, 0.25) is 17.9 Å². The molecule has 2 saturated heterocycles. The molecule has 3 aromatic carbocycles. The standard InChI is InChI=1S/C44H46N2O11/c1-43(2)26-53-42(52)38(43)55-36(48)18-17-28-13-9-10-16-32(28)41(51)54-34-22-31(23-35-37(34)57-44(56-35)24-29-14-7-8-15-30(29)25-44)40(50)46(3)33(39(49)45-19-20-47)21-27-11-5-4-6-12-27/h4-18,23,33-35,37-38,47H,19-22,24-26H2,1-3H3,(H,45,49)/t33-,34-,35-,37+,38+/m1/s1. The van der Waals surface area contributed by atoms with Crippen molar-refractivity contribution >= 4 is 35.8 Å². The fourth-order valence-electron chi connectivity index (χ4n) is 7.84. The van der Waals surface area contributed by atoms with Crippen LogP contribution in [0.25, 0.3) is 6.08 Å². The molecule has 298 valence electrons. The first-order valence-corrected chi connectivity index (χ1v) is 19.0. The van der Waals surface area contributed by atoms with Crippen LogP contribution in [0.5, 0.6) is 0 Å². The molecule has 2 aliphatic heterocycles. The SMILES string of the molecule is CN(C(=O)C1=C[C@H]2OC3(Cc4ccccc4C3)O[C@H]2[C@H](OC(=O)c2ccccc2C=CC(=O)O[C@H]2C(=O)OCC2(C)C)C1)[C@H](Cc1ccccc1)C(=O)NCCO. The van der Waals surface area contributed by atoms with Gasteiger partial charge < -0.3 is 39.0 Å². The average molecular weight is 779 g/mol. The van der Waals surface area contributed by atoms with Gasteiger partial charge in [-0.15, -0.1) is 0 Å². The second-order valence-electron chi connectivity index (χ2n) is 15.5. The van der Waals surface area contributed by atoms with E-state index in [2.05, 4.69) is 5.32 Å². The van der Waals surface area contributed by atoms with Gasteiger partial charge in [0, 0.05) is 56.3 Å². The van der Waals surface area contributed by atoms with Crippen molar-refractivity contribution in [3.63, 3.8) is 0 Å². The first-order valence-electron chi connectivity index (χ1n) is 19.0. The molecule has 5 atom stereocenters. The van der Waals surface area contributed by atoms with Crippen molar-refractivity contribution in [2.24, 2.45) is 5.41 Å². The highest BCUT2D eigenvalue weighted by atomic mass is 16.8. The number of nitrogens with zero attached hydrogens (tertiary/aromatic N) is 1. The van der Waals surface area contributed by atoms with Crippen molar-refractivity contribution in [3.05, 3.63) is 124 Å². The third kappa shape index (κ3) is 8.55. The number of cyclic esters (lactones) is 1. The minimum absolute atomic E-state index is 0.0253. The number of nitrogens with one attached hydrogen (secondary N) is 1. The van der Waals surface area contributed by atoms with Crippen LogP contribution in [0.2, 0.25) is 0 Å². The Labute approximate surface area is 330 Å². The van der Waals surface area contributed by atoms with Gasteiger partial charge in [0.15, 0.2) is 5.79 Å². The van der Waals surface area contributed by atoms with Crippen LogP contribution in [0.3, 0.4) is 0 Å². The third-order valence-corrected chi connectivity index (χ3v) is 10.8. The second kappa shape index (κ2) is 16.5. The summed E-state index contributed by atoms with van der Waals surface area (Å²) in [5, 5.41) is 12.1. The Hall–Kier alpha value is -5.63. The highest BCUT2D eigenvalue weighted by Crippen LogP contribution is 2.45. The quantitative estimate of drug-likeness (QED) is 0.157. The number of aliphatic hydroxyl groups excluding tert-OH is 1. The lowest BCUT2D eigenvalue weighted by Crippen LogP contribution is -2.51. The van der Waals surface area contributed by atoms with E-state index in [0.717, 1.165) is 22.8 Å². The molecule has 57 heavy (non-hydrogen) atoms. The zero-order valence-corrected chi connectivity index (χ0v) is 32.1. The molecule has 13 heteroatoms. The molecule has 1 spiro atoms. The van der Waals surface area contributed by atoms with Crippen LogP contribution in [-0.4, -0.2) is 103 Å². The van der Waals surface area contributed by atoms with Crippen LogP contribution in [0.1, 0.15) is 52.9 Å². The Kier molecular flexibility index (Phi) is 11.4. The maximum atomic E-state index is 14.4. The number of esters is 3. The zero-order chi connectivity index (χ0) is 40.3. The highest BCUT2D eigenvalue weighted by molar-refractivity contribution is 5.98. The van der Waals surface area contributed by atoms with Gasteiger partial charge in [0.05, 0.1) is 12.2 Å². The summed E-state index contributed by atoms with van der Waals surface area (Å²) in [5.74, 6) is -4.04. The number of benzene rings is 3. The summed E-state index contributed by atoms with van der Waals surface area (Å²) in [6.45, 7) is 3.42. The molecule has 2 heterocycles. The number of rotatable bonds is 12. The van der Waals surface area contributed by atoms with E-state index in [1.165, 1.54) is 11.0 Å². The summed E-state index contributed by atoms with van der Waals surface area (Å²) in [5.41, 5.74) is 3.09. The number of ether oxygens (including phenoxy) is 5. The predicted molar refractivity (Wildman–Crippen MR) is 205 cm³/mol. The van der Waals surface area contributed by atoms with E-state index in [-0.39, 0.29) is 43.7 Å². The van der Waals surface area contributed by atoms with Gasteiger partial charge in [0.25, 0.3) is 0 Å². The number of hydrogen-bond acceptors (Lipinski definition) is 11. The predicted octanol–water partition coefficient (Wildman–Crippen LogP) is 3.51. The summed E-state index contributed by atoms with van der Waals surface area (Å²) in [4.78, 5) is 68.2. The van der Waals surface area contributed by atoms with Crippen LogP contribution in [0.15, 0.2) is 96.6 Å². The summed E-state index contributed by atoms with van der Waals surface area (Å²) in [6, 6.07) is 22.9. The molecule has 0 bridgehead atoms. The summed E-state index contributed by atoms with van der Waals surface area (Å²) in [6.07, 6.45) is 1.83. The Morgan fingerprint density at radius 2 is 1.63 bits per heavy atom. The number of carbonyl (C=O) groups excluding carboxylic acids is 5. The van der Waals surface area contributed by atoms with Crippen molar-refractivity contribution in [1.82, 2.24) is 10.2 Å². The van der Waals surface area contributed by atoms with Crippen molar-refractivity contribution < 1.29 is 52.8 Å². The third-order valence-electron chi connectivity index (χ3n) is 10.8. The van der Waals surface area contributed by atoms with Crippen LogP contribution in [-0.2, 0) is 62.1 Å². The van der Waals surface area contributed by atoms with E-state index >= 15 is 0 Å². The molecule has 13 nitrogen and oxygen atoms in total. The largest absolute Gasteiger partial charge is 0.462 e. The first-order chi connectivity index (χ1) is 27.4. The highest BCUT2D eigenvalue weighted by Gasteiger charge is 2.55. The average Bonchev–Trinajstić information content (AvgIpc) is 3.84. The zero-order valence-electron chi connectivity index (χ0n) is 32.1. The minimum Gasteiger partial charge on any atom is -0.462 e. The number of amides is 2. The van der Waals surface area contributed by atoms with Gasteiger partial charge in [-0.1, -0.05) is 86.6 Å². The lowest BCUT2D eigenvalue weighted by molar-refractivity contribution is -0.172. The smallest absolute Gasteiger partial charge is 0.348 e. The molecule has 2 amide bonds. The van der Waals surface area contributed by atoms with Crippen LogP contribution >= 0.6 is 0 Å². The van der Waals surface area contributed by atoms with Gasteiger partial charge in [-0.25, -0.2) is 14.4 Å². The van der Waals surface area contributed by atoms with Crippen LogP contribution < -0.4 is 5.32 Å². The molecule has 3 aromatic rings. The Morgan fingerprint density at radius 1 is 0.947 bits per heavy atom. The lowest BCUT2D eigenvalue weighted by Gasteiger charge is -2.33. The molecule has 2 fully saturated rings. The topological polar surface area (TPSA) is 167 Å². The minimum atomic E-state index is -1.06. The molecule has 4 aliphatic rings. The number of aliphatic hydroxyl groups is 1. The normalized spacial score (nSPS) is 23.2. The van der Waals surface area contributed by atoms with E-state index in [1.54, 1.807) is 51.2 Å². The molecule has 0 unspecified atom stereocenters. The summed E-state index contributed by atoms with van der Waals surface area (Å²) in [7, 11) is 1.55. The fourth-order valence-corrected chi connectivity index (χ4v) is 7.84. The number of carbonyl (C=O) groups is 5. The first kappa shape index (κ1) is 39.6. The van der Waals surface area contributed by atoms with Gasteiger partial charge in [-0.2, -0.15) is 0 Å². The Morgan fingerprint density at radius 3 is 2.32 bits per heavy atom. The number of hydrogen-bond donors (Lipinski definition) is 2. The molecule has 7 rings (SSSR count). The van der Waals surface area contributed by atoms with Crippen molar-refractivity contribution in [1.29, 1.82) is 0 Å². The lowest BCUT2D eigenvalue weighted by atomic mass is 9.90. The molecule has 0 radical (unpaired) electrons. The van der Waals surface area contributed by atoms with Crippen LogP contribution in [0, 0.1) is 5.41 Å². The number of fused-ring (bicyclic) bond motifs is 2. The molecular weight excluding hydrogens is 732 g/mol. The van der Waals surface area contributed by atoms with Gasteiger partial charge >= 0.3 is 17.9 Å². The van der Waals surface area contributed by atoms with E-state index in [4.69, 9.17) is 23.7 Å². The number of likely N-dealkylation sites (N-methyl/N-ethyl adjacent to an activating group) is 1. The summed E-state index contributed by atoms with van der Waals surface area (Å²) < 4.78 is 30.0. The Bertz CT molecular complexity index is 2070. The fraction of sp³-hybridized carbons (Fsp3) is 0.386. The second-order valence-corrected chi connectivity index (χ2v) is 15.5. The van der Waals surface area contributed by atoms with Crippen molar-refractivity contribution in [3.8, 4) is 0 Å². The van der Waals surface area contributed by atoms with Crippen LogP contribution in [0.4, 0.5) is 0 Å². The molecular formula is C44H46N2O11. The maximum absolute atomic E-state index is 14.4. The summed E-state index contributed by atoms with van der Waals surface area (Å²) >= 11 is 0. The van der Waals surface area contributed by atoms with E-state index in [0.29, 0.717) is 18.4 Å². The molecule has 0 saturated carbocycles. The van der Waals surface area contributed by atoms with Gasteiger partial charge in [-0.05, 0) is 40.5 Å². The van der Waals surface area contributed by atoms with Crippen molar-refractivity contribution in [2.75, 3.05) is 26.8 Å². The Balaban J connectivity index is 1.14. The van der Waals surface area contributed by atoms with Crippen molar-refractivity contribution in [2.45, 2.75) is 75.8 Å².